The van der Waals surface area contributed by atoms with Gasteiger partial charge in [0.2, 0.25) is 5.91 Å². The number of imidazole rings is 1. The Bertz CT molecular complexity index is 817. The highest BCUT2D eigenvalue weighted by Crippen LogP contribution is 2.35. The predicted octanol–water partition coefficient (Wildman–Crippen LogP) is 2.06. The van der Waals surface area contributed by atoms with Crippen molar-refractivity contribution in [1.82, 2.24) is 14.9 Å². The molecule has 0 radical (unpaired) electrons. The number of aryl methyl sites for hydroxylation is 1. The minimum Gasteiger partial charge on any atom is -0.347 e. The highest BCUT2D eigenvalue weighted by Gasteiger charge is 2.25. The van der Waals surface area contributed by atoms with Crippen molar-refractivity contribution in [2.75, 3.05) is 5.32 Å². The van der Waals surface area contributed by atoms with Gasteiger partial charge in [-0.05, 0) is 31.5 Å². The van der Waals surface area contributed by atoms with E-state index in [1.54, 1.807) is 12.3 Å². The second-order valence-corrected chi connectivity index (χ2v) is 7.55. The second kappa shape index (κ2) is 5.98. The van der Waals surface area contributed by atoms with Crippen LogP contribution < -0.4 is 10.6 Å². The SMILES string of the molecule is C[C@@H]1Sc2ccc(C(=O)N[C@H]3CCc4nccn4C3)cc2NC1=O. The van der Waals surface area contributed by atoms with E-state index < -0.39 is 0 Å². The Hall–Kier alpha value is -2.28. The third-order valence-corrected chi connectivity index (χ3v) is 5.62. The summed E-state index contributed by atoms with van der Waals surface area (Å²) in [6.07, 6.45) is 5.50. The van der Waals surface area contributed by atoms with Crippen LogP contribution in [0.3, 0.4) is 0 Å². The van der Waals surface area contributed by atoms with Crippen LogP contribution in [0.4, 0.5) is 5.69 Å². The Kier molecular flexibility index (Phi) is 3.80. The molecular formula is C17H18N4O2S. The van der Waals surface area contributed by atoms with Gasteiger partial charge in [-0.1, -0.05) is 0 Å². The van der Waals surface area contributed by atoms with E-state index in [0.29, 0.717) is 5.56 Å². The van der Waals surface area contributed by atoms with Gasteiger partial charge in [0.25, 0.3) is 5.91 Å². The third kappa shape index (κ3) is 2.80. The van der Waals surface area contributed by atoms with Crippen LogP contribution in [0.1, 0.15) is 29.5 Å². The molecule has 0 saturated heterocycles. The van der Waals surface area contributed by atoms with Gasteiger partial charge >= 0.3 is 0 Å². The zero-order valence-corrected chi connectivity index (χ0v) is 14.1. The fraction of sp³-hybridized carbons (Fsp3) is 0.353. The molecule has 0 fully saturated rings. The molecule has 1 aromatic carbocycles. The third-order valence-electron chi connectivity index (χ3n) is 4.44. The molecule has 0 saturated carbocycles. The van der Waals surface area contributed by atoms with Gasteiger partial charge in [-0.2, -0.15) is 0 Å². The molecular weight excluding hydrogens is 324 g/mol. The van der Waals surface area contributed by atoms with Crippen LogP contribution in [0.15, 0.2) is 35.5 Å². The van der Waals surface area contributed by atoms with Crippen molar-refractivity contribution in [3.63, 3.8) is 0 Å². The molecule has 2 aliphatic heterocycles. The molecule has 3 heterocycles. The number of aromatic nitrogens is 2. The number of anilines is 1. The molecule has 1 aromatic heterocycles. The minimum absolute atomic E-state index is 0.0232. The van der Waals surface area contributed by atoms with Crippen LogP contribution in [0, 0.1) is 0 Å². The van der Waals surface area contributed by atoms with Crippen molar-refractivity contribution >= 4 is 29.3 Å². The number of carbonyl (C=O) groups is 2. The largest absolute Gasteiger partial charge is 0.347 e. The van der Waals surface area contributed by atoms with E-state index in [1.807, 2.05) is 25.3 Å². The number of nitrogens with zero attached hydrogens (tertiary/aromatic N) is 2. The standard InChI is InChI=1S/C17H18N4O2S/c1-10-16(22)20-13-8-11(2-4-14(13)24-10)17(23)19-12-3-5-15-18-6-7-21(15)9-12/h2,4,6-8,10,12H,3,5,9H2,1H3,(H,19,23)(H,20,22)/t10-,12-/m0/s1. The molecule has 6 nitrogen and oxygen atoms in total. The first-order valence-electron chi connectivity index (χ1n) is 8.02. The van der Waals surface area contributed by atoms with E-state index in [4.69, 9.17) is 0 Å². The van der Waals surface area contributed by atoms with Gasteiger partial charge in [-0.15, -0.1) is 11.8 Å². The number of carbonyl (C=O) groups excluding carboxylic acids is 2. The summed E-state index contributed by atoms with van der Waals surface area (Å²) < 4.78 is 2.08. The zero-order valence-electron chi connectivity index (χ0n) is 13.3. The summed E-state index contributed by atoms with van der Waals surface area (Å²) in [5.41, 5.74) is 1.29. The van der Waals surface area contributed by atoms with Gasteiger partial charge in [0.15, 0.2) is 0 Å². The fourth-order valence-electron chi connectivity index (χ4n) is 3.10. The van der Waals surface area contributed by atoms with Crippen LogP contribution in [-0.4, -0.2) is 32.7 Å². The molecule has 2 amide bonds. The quantitative estimate of drug-likeness (QED) is 0.876. The first-order valence-corrected chi connectivity index (χ1v) is 8.90. The number of hydrogen-bond donors (Lipinski definition) is 2. The topological polar surface area (TPSA) is 76.0 Å². The Labute approximate surface area is 144 Å². The van der Waals surface area contributed by atoms with Gasteiger partial charge < -0.3 is 15.2 Å². The molecule has 0 spiro atoms. The van der Waals surface area contributed by atoms with E-state index in [-0.39, 0.29) is 23.1 Å². The zero-order chi connectivity index (χ0) is 16.7. The summed E-state index contributed by atoms with van der Waals surface area (Å²) in [4.78, 5) is 29.6. The summed E-state index contributed by atoms with van der Waals surface area (Å²) in [5.74, 6) is 0.942. The normalized spacial score (nSPS) is 22.3. The van der Waals surface area contributed by atoms with Gasteiger partial charge in [0.05, 0.1) is 10.9 Å². The van der Waals surface area contributed by atoms with Crippen molar-refractivity contribution in [2.24, 2.45) is 0 Å². The van der Waals surface area contributed by atoms with Gasteiger partial charge in [0, 0.05) is 41.9 Å². The van der Waals surface area contributed by atoms with E-state index in [2.05, 4.69) is 20.2 Å². The molecule has 2 atom stereocenters. The lowest BCUT2D eigenvalue weighted by Gasteiger charge is -2.25. The molecule has 0 bridgehead atoms. The molecule has 7 heteroatoms. The Morgan fingerprint density at radius 2 is 2.33 bits per heavy atom. The maximum absolute atomic E-state index is 12.5. The number of thioether (sulfide) groups is 1. The van der Waals surface area contributed by atoms with Crippen molar-refractivity contribution < 1.29 is 9.59 Å². The number of fused-ring (bicyclic) bond motifs is 2. The molecule has 2 aliphatic rings. The first-order chi connectivity index (χ1) is 11.6. The maximum Gasteiger partial charge on any atom is 0.251 e. The summed E-state index contributed by atoms with van der Waals surface area (Å²) in [6.45, 7) is 2.62. The van der Waals surface area contributed by atoms with Gasteiger partial charge in [-0.25, -0.2) is 4.98 Å². The Morgan fingerprint density at radius 3 is 3.21 bits per heavy atom. The van der Waals surface area contributed by atoms with E-state index in [1.165, 1.54) is 11.8 Å². The fourth-order valence-corrected chi connectivity index (χ4v) is 4.03. The lowest BCUT2D eigenvalue weighted by atomic mass is 10.1. The number of hydrogen-bond acceptors (Lipinski definition) is 4. The van der Waals surface area contributed by atoms with Crippen molar-refractivity contribution in [1.29, 1.82) is 0 Å². The lowest BCUT2D eigenvalue weighted by molar-refractivity contribution is -0.115. The second-order valence-electron chi connectivity index (χ2n) is 6.17. The van der Waals surface area contributed by atoms with Crippen molar-refractivity contribution in [3.05, 3.63) is 42.0 Å². The van der Waals surface area contributed by atoms with Crippen molar-refractivity contribution in [2.45, 2.75) is 42.5 Å². The summed E-state index contributed by atoms with van der Waals surface area (Å²) >= 11 is 1.52. The van der Waals surface area contributed by atoms with E-state index >= 15 is 0 Å². The summed E-state index contributed by atoms with van der Waals surface area (Å²) in [5, 5.41) is 5.84. The molecule has 2 N–H and O–H groups in total. The lowest BCUT2D eigenvalue weighted by Crippen LogP contribution is -2.41. The molecule has 0 aliphatic carbocycles. The highest BCUT2D eigenvalue weighted by atomic mass is 32.2. The van der Waals surface area contributed by atoms with Gasteiger partial charge in [-0.3, -0.25) is 9.59 Å². The number of amides is 2. The van der Waals surface area contributed by atoms with E-state index in [0.717, 1.165) is 35.8 Å². The number of rotatable bonds is 2. The van der Waals surface area contributed by atoms with Crippen LogP contribution in [0.25, 0.3) is 0 Å². The van der Waals surface area contributed by atoms with Crippen LogP contribution in [-0.2, 0) is 17.8 Å². The molecule has 2 aromatic rings. The highest BCUT2D eigenvalue weighted by molar-refractivity contribution is 8.00. The van der Waals surface area contributed by atoms with Crippen LogP contribution in [0.5, 0.6) is 0 Å². The molecule has 124 valence electrons. The predicted molar refractivity (Wildman–Crippen MR) is 92.2 cm³/mol. The van der Waals surface area contributed by atoms with Crippen LogP contribution in [0.2, 0.25) is 0 Å². The first kappa shape index (κ1) is 15.3. The van der Waals surface area contributed by atoms with Crippen LogP contribution >= 0.6 is 11.8 Å². The maximum atomic E-state index is 12.5. The van der Waals surface area contributed by atoms with E-state index in [9.17, 15) is 9.59 Å². The molecule has 24 heavy (non-hydrogen) atoms. The summed E-state index contributed by atoms with van der Waals surface area (Å²) in [7, 11) is 0. The number of nitrogens with one attached hydrogen (secondary N) is 2. The molecule has 4 rings (SSSR count). The van der Waals surface area contributed by atoms with Crippen molar-refractivity contribution in [3.8, 4) is 0 Å². The Balaban J connectivity index is 1.47. The monoisotopic (exact) mass is 342 g/mol. The minimum atomic E-state index is -0.108. The summed E-state index contributed by atoms with van der Waals surface area (Å²) in [6, 6.07) is 5.57. The van der Waals surface area contributed by atoms with Gasteiger partial charge in [0.1, 0.15) is 5.82 Å². The smallest absolute Gasteiger partial charge is 0.251 e. The Morgan fingerprint density at radius 1 is 1.46 bits per heavy atom. The average molecular weight is 342 g/mol. The molecule has 0 unspecified atom stereocenters. The average Bonchev–Trinajstić information content (AvgIpc) is 3.03. The number of benzene rings is 1.